The van der Waals surface area contributed by atoms with Gasteiger partial charge in [0.1, 0.15) is 5.82 Å². The van der Waals surface area contributed by atoms with Gasteiger partial charge in [0.25, 0.3) is 0 Å². The number of nitrogens with two attached hydrogens (primary N) is 1. The number of hydrogen-bond donors (Lipinski definition) is 1. The summed E-state index contributed by atoms with van der Waals surface area (Å²) in [6.45, 7) is 6.23. The molecular formula is C15H23FN2. The van der Waals surface area contributed by atoms with Crippen LogP contribution in [0, 0.1) is 12.7 Å². The number of hydrogen-bond acceptors (Lipinski definition) is 2. The molecule has 0 radical (unpaired) electrons. The van der Waals surface area contributed by atoms with Crippen molar-refractivity contribution in [2.45, 2.75) is 45.2 Å². The molecule has 1 fully saturated rings. The van der Waals surface area contributed by atoms with Gasteiger partial charge in [0.05, 0.1) is 6.04 Å². The molecule has 2 atom stereocenters. The van der Waals surface area contributed by atoms with Crippen molar-refractivity contribution in [1.82, 2.24) is 4.90 Å². The van der Waals surface area contributed by atoms with Crippen LogP contribution < -0.4 is 5.73 Å². The van der Waals surface area contributed by atoms with Crippen molar-refractivity contribution in [3.63, 3.8) is 0 Å². The molecule has 2 nitrogen and oxygen atoms in total. The van der Waals surface area contributed by atoms with Crippen LogP contribution in [0.15, 0.2) is 18.2 Å². The highest BCUT2D eigenvalue weighted by molar-refractivity contribution is 5.31. The maximum atomic E-state index is 13.2. The molecule has 0 aliphatic carbocycles. The second-order valence-electron chi connectivity index (χ2n) is 5.23. The number of likely N-dealkylation sites (N-methyl/N-ethyl adjacent to an activating group) is 1. The molecule has 2 unspecified atom stereocenters. The largest absolute Gasteiger partial charge is 0.326 e. The van der Waals surface area contributed by atoms with Crippen LogP contribution in [0.1, 0.15) is 43.4 Å². The molecule has 3 heteroatoms. The van der Waals surface area contributed by atoms with E-state index in [4.69, 9.17) is 5.73 Å². The van der Waals surface area contributed by atoms with Crippen LogP contribution in [0.3, 0.4) is 0 Å². The van der Waals surface area contributed by atoms with Gasteiger partial charge in [-0.25, -0.2) is 4.39 Å². The highest BCUT2D eigenvalue weighted by Gasteiger charge is 2.28. The fraction of sp³-hybridized carbons (Fsp3) is 0.600. The van der Waals surface area contributed by atoms with Crippen molar-refractivity contribution in [2.24, 2.45) is 5.73 Å². The third kappa shape index (κ3) is 2.73. The van der Waals surface area contributed by atoms with E-state index in [1.807, 2.05) is 13.0 Å². The van der Waals surface area contributed by atoms with Crippen LogP contribution >= 0.6 is 0 Å². The number of rotatable bonds is 2. The van der Waals surface area contributed by atoms with Crippen LogP contribution in [-0.2, 0) is 0 Å². The third-order valence-electron chi connectivity index (χ3n) is 3.99. The highest BCUT2D eigenvalue weighted by Crippen LogP contribution is 2.31. The van der Waals surface area contributed by atoms with Gasteiger partial charge >= 0.3 is 0 Å². The summed E-state index contributed by atoms with van der Waals surface area (Å²) in [5.41, 5.74) is 8.55. The van der Waals surface area contributed by atoms with Gasteiger partial charge in [-0.05, 0) is 56.1 Å². The zero-order chi connectivity index (χ0) is 13.1. The van der Waals surface area contributed by atoms with Crippen molar-refractivity contribution in [3.05, 3.63) is 35.1 Å². The summed E-state index contributed by atoms with van der Waals surface area (Å²) in [6.07, 6.45) is 3.45. The summed E-state index contributed by atoms with van der Waals surface area (Å²) < 4.78 is 13.2. The molecule has 0 saturated carbocycles. The van der Waals surface area contributed by atoms with Gasteiger partial charge in [-0.1, -0.05) is 19.4 Å². The lowest BCUT2D eigenvalue weighted by atomic mass is 9.93. The predicted molar refractivity (Wildman–Crippen MR) is 73.0 cm³/mol. The van der Waals surface area contributed by atoms with Crippen molar-refractivity contribution in [1.29, 1.82) is 0 Å². The van der Waals surface area contributed by atoms with E-state index in [1.54, 1.807) is 12.1 Å². The Morgan fingerprint density at radius 1 is 1.39 bits per heavy atom. The maximum absolute atomic E-state index is 13.2. The quantitative estimate of drug-likeness (QED) is 0.874. The summed E-state index contributed by atoms with van der Waals surface area (Å²) >= 11 is 0. The fourth-order valence-corrected chi connectivity index (χ4v) is 3.02. The SMILES string of the molecule is CCN1CCCCC(N)C1c1ccc(F)cc1C. The molecule has 1 heterocycles. The average molecular weight is 250 g/mol. The van der Waals surface area contributed by atoms with Crippen LogP contribution in [0.2, 0.25) is 0 Å². The van der Waals surface area contributed by atoms with Gasteiger partial charge in [0.2, 0.25) is 0 Å². The smallest absolute Gasteiger partial charge is 0.123 e. The van der Waals surface area contributed by atoms with E-state index in [0.29, 0.717) is 0 Å². The molecule has 1 aliphatic rings. The molecule has 0 amide bonds. The molecule has 1 aromatic rings. The molecule has 0 bridgehead atoms. The van der Waals surface area contributed by atoms with Gasteiger partial charge in [-0.2, -0.15) is 0 Å². The third-order valence-corrected chi connectivity index (χ3v) is 3.99. The number of halogens is 1. The molecule has 100 valence electrons. The fourth-order valence-electron chi connectivity index (χ4n) is 3.02. The van der Waals surface area contributed by atoms with E-state index >= 15 is 0 Å². The summed E-state index contributed by atoms with van der Waals surface area (Å²) in [4.78, 5) is 2.43. The van der Waals surface area contributed by atoms with E-state index in [9.17, 15) is 4.39 Å². The summed E-state index contributed by atoms with van der Waals surface area (Å²) in [7, 11) is 0. The van der Waals surface area contributed by atoms with Gasteiger partial charge in [-0.3, -0.25) is 4.90 Å². The summed E-state index contributed by atoms with van der Waals surface area (Å²) in [5.74, 6) is -0.165. The standard InChI is InChI=1S/C15H23FN2/c1-3-18-9-5-4-6-14(17)15(18)13-8-7-12(16)10-11(13)2/h7-8,10,14-15H,3-6,9,17H2,1-2H3. The zero-order valence-electron chi connectivity index (χ0n) is 11.3. The van der Waals surface area contributed by atoms with Crippen molar-refractivity contribution in [3.8, 4) is 0 Å². The molecule has 0 aromatic heterocycles. The normalized spacial score (nSPS) is 26.0. The molecule has 0 spiro atoms. The number of nitrogens with zero attached hydrogens (tertiary/aromatic N) is 1. The second-order valence-corrected chi connectivity index (χ2v) is 5.23. The van der Waals surface area contributed by atoms with Gasteiger partial charge < -0.3 is 5.73 Å². The lowest BCUT2D eigenvalue weighted by Crippen LogP contribution is -2.40. The van der Waals surface area contributed by atoms with Crippen molar-refractivity contribution in [2.75, 3.05) is 13.1 Å². The minimum Gasteiger partial charge on any atom is -0.326 e. The first kappa shape index (κ1) is 13.5. The Morgan fingerprint density at radius 2 is 2.17 bits per heavy atom. The van der Waals surface area contributed by atoms with Crippen LogP contribution in [0.5, 0.6) is 0 Å². The molecule has 1 aliphatic heterocycles. The Bertz CT molecular complexity index is 405. The maximum Gasteiger partial charge on any atom is 0.123 e. The van der Waals surface area contributed by atoms with Gasteiger partial charge in [-0.15, -0.1) is 0 Å². The molecule has 1 saturated heterocycles. The van der Waals surface area contributed by atoms with Crippen LogP contribution in [0.25, 0.3) is 0 Å². The summed E-state index contributed by atoms with van der Waals surface area (Å²) in [6, 6.07) is 5.45. The minimum atomic E-state index is -0.165. The molecule has 1 aromatic carbocycles. The first-order valence-electron chi connectivity index (χ1n) is 6.89. The molecular weight excluding hydrogens is 227 g/mol. The first-order valence-corrected chi connectivity index (χ1v) is 6.89. The lowest BCUT2D eigenvalue weighted by Gasteiger charge is -2.33. The van der Waals surface area contributed by atoms with Crippen LogP contribution in [0.4, 0.5) is 4.39 Å². The Balaban J connectivity index is 2.36. The van der Waals surface area contributed by atoms with E-state index in [0.717, 1.165) is 25.1 Å². The van der Waals surface area contributed by atoms with Gasteiger partial charge in [0, 0.05) is 6.04 Å². The Labute approximate surface area is 109 Å². The monoisotopic (exact) mass is 250 g/mol. The van der Waals surface area contributed by atoms with E-state index in [2.05, 4.69) is 11.8 Å². The second kappa shape index (κ2) is 5.81. The van der Waals surface area contributed by atoms with E-state index in [-0.39, 0.29) is 17.9 Å². The number of aryl methyl sites for hydroxylation is 1. The number of benzene rings is 1. The first-order chi connectivity index (χ1) is 8.63. The van der Waals surface area contributed by atoms with Gasteiger partial charge in [0.15, 0.2) is 0 Å². The van der Waals surface area contributed by atoms with Crippen molar-refractivity contribution < 1.29 is 4.39 Å². The van der Waals surface area contributed by atoms with E-state index in [1.165, 1.54) is 18.4 Å². The van der Waals surface area contributed by atoms with E-state index < -0.39 is 0 Å². The zero-order valence-corrected chi connectivity index (χ0v) is 11.3. The highest BCUT2D eigenvalue weighted by atomic mass is 19.1. The predicted octanol–water partition coefficient (Wildman–Crippen LogP) is 3.01. The van der Waals surface area contributed by atoms with Crippen LogP contribution in [-0.4, -0.2) is 24.0 Å². The average Bonchev–Trinajstić information content (AvgIpc) is 2.51. The Morgan fingerprint density at radius 3 is 2.83 bits per heavy atom. The minimum absolute atomic E-state index is 0.150. The van der Waals surface area contributed by atoms with Crippen molar-refractivity contribution >= 4 is 0 Å². The topological polar surface area (TPSA) is 29.3 Å². The Kier molecular flexibility index (Phi) is 4.36. The Hall–Kier alpha value is -0.930. The summed E-state index contributed by atoms with van der Waals surface area (Å²) in [5, 5.41) is 0. The molecule has 2 N–H and O–H groups in total. The lowest BCUT2D eigenvalue weighted by molar-refractivity contribution is 0.194. The molecule has 2 rings (SSSR count). The molecule has 18 heavy (non-hydrogen) atoms. The number of likely N-dealkylation sites (tertiary alicyclic amines) is 1.